The fourth-order valence-electron chi connectivity index (χ4n) is 1.29. The molecule has 0 saturated heterocycles. The maximum atomic E-state index is 11.5. The van der Waals surface area contributed by atoms with Crippen LogP contribution in [0.2, 0.25) is 0 Å². The smallest absolute Gasteiger partial charge is 0.212 e. The molecule has 2 nitrogen and oxygen atoms in total. The maximum Gasteiger partial charge on any atom is 0.229 e. The Labute approximate surface area is 95.4 Å². The maximum absolute atomic E-state index is 11.5. The minimum Gasteiger partial charge on any atom is -0.212 e. The van der Waals surface area contributed by atoms with Crippen molar-refractivity contribution in [3.8, 4) is 0 Å². The minimum absolute atomic E-state index is 0.391. The average molecular weight is 244 g/mol. The highest BCUT2D eigenvalue weighted by Gasteiger charge is 2.12. The SMILES string of the molecule is CCC(C)c1ccc(S(=O)(=O)SC)cc1. The fourth-order valence-corrected chi connectivity index (χ4v) is 2.87. The Hall–Kier alpha value is -0.480. The number of hydrogen-bond acceptors (Lipinski definition) is 3. The van der Waals surface area contributed by atoms with Crippen LogP contribution >= 0.6 is 10.8 Å². The summed E-state index contributed by atoms with van der Waals surface area (Å²) in [5.74, 6) is 0.482. The van der Waals surface area contributed by atoms with Gasteiger partial charge in [-0.05, 0) is 47.1 Å². The van der Waals surface area contributed by atoms with Crippen molar-refractivity contribution in [3.05, 3.63) is 29.8 Å². The first-order valence-electron chi connectivity index (χ1n) is 4.92. The zero-order chi connectivity index (χ0) is 11.5. The van der Waals surface area contributed by atoms with Crippen molar-refractivity contribution in [1.82, 2.24) is 0 Å². The summed E-state index contributed by atoms with van der Waals surface area (Å²) in [6.45, 7) is 4.26. The summed E-state index contributed by atoms with van der Waals surface area (Å²) in [7, 11) is -2.26. The second kappa shape index (κ2) is 5.03. The summed E-state index contributed by atoms with van der Waals surface area (Å²) in [5, 5.41) is 0. The molecule has 0 amide bonds. The zero-order valence-corrected chi connectivity index (χ0v) is 10.9. The molecule has 1 aromatic carbocycles. The summed E-state index contributed by atoms with van der Waals surface area (Å²) in [5.41, 5.74) is 1.19. The Morgan fingerprint density at radius 2 is 1.80 bits per heavy atom. The van der Waals surface area contributed by atoms with E-state index in [9.17, 15) is 8.42 Å². The molecule has 0 aliphatic carbocycles. The fraction of sp³-hybridized carbons (Fsp3) is 0.455. The molecule has 1 unspecified atom stereocenters. The van der Waals surface area contributed by atoms with Crippen molar-refractivity contribution >= 4 is 19.7 Å². The highest BCUT2D eigenvalue weighted by Crippen LogP contribution is 2.24. The monoisotopic (exact) mass is 244 g/mol. The number of hydrogen-bond donors (Lipinski definition) is 0. The molecule has 1 rings (SSSR count). The van der Waals surface area contributed by atoms with E-state index in [1.165, 1.54) is 5.56 Å². The molecule has 1 aromatic rings. The van der Waals surface area contributed by atoms with Gasteiger partial charge in [-0.15, -0.1) is 0 Å². The first-order chi connectivity index (χ1) is 7.01. The van der Waals surface area contributed by atoms with Crippen molar-refractivity contribution in [2.45, 2.75) is 31.1 Å². The van der Waals surface area contributed by atoms with Crippen LogP contribution in [0.3, 0.4) is 0 Å². The van der Waals surface area contributed by atoms with Crippen LogP contribution in [0.5, 0.6) is 0 Å². The van der Waals surface area contributed by atoms with Gasteiger partial charge in [0.05, 0.1) is 4.90 Å². The second-order valence-electron chi connectivity index (χ2n) is 3.50. The minimum atomic E-state index is -3.13. The van der Waals surface area contributed by atoms with Gasteiger partial charge < -0.3 is 0 Å². The quantitative estimate of drug-likeness (QED) is 0.762. The predicted octanol–water partition coefficient (Wildman–Crippen LogP) is 3.25. The Kier molecular flexibility index (Phi) is 4.22. The van der Waals surface area contributed by atoms with E-state index in [0.717, 1.165) is 17.2 Å². The predicted molar refractivity (Wildman–Crippen MR) is 65.8 cm³/mol. The molecule has 1 atom stereocenters. The van der Waals surface area contributed by atoms with E-state index in [4.69, 9.17) is 0 Å². The summed E-state index contributed by atoms with van der Waals surface area (Å²) in [4.78, 5) is 0.391. The van der Waals surface area contributed by atoms with E-state index in [2.05, 4.69) is 13.8 Å². The molecule has 0 aliphatic rings. The second-order valence-corrected chi connectivity index (χ2v) is 7.53. The Morgan fingerprint density at radius 3 is 2.20 bits per heavy atom. The largest absolute Gasteiger partial charge is 0.229 e. The number of benzene rings is 1. The van der Waals surface area contributed by atoms with Gasteiger partial charge in [-0.25, -0.2) is 8.42 Å². The van der Waals surface area contributed by atoms with Gasteiger partial charge >= 0.3 is 0 Å². The van der Waals surface area contributed by atoms with Gasteiger partial charge in [0.15, 0.2) is 0 Å². The van der Waals surface area contributed by atoms with Crippen molar-refractivity contribution in [2.75, 3.05) is 6.26 Å². The lowest BCUT2D eigenvalue weighted by atomic mass is 9.99. The first-order valence-corrected chi connectivity index (χ1v) is 8.14. The van der Waals surface area contributed by atoms with E-state index in [1.54, 1.807) is 18.4 Å². The first kappa shape index (κ1) is 12.6. The van der Waals surface area contributed by atoms with Crippen LogP contribution in [-0.2, 0) is 8.87 Å². The lowest BCUT2D eigenvalue weighted by molar-refractivity contribution is 0.610. The topological polar surface area (TPSA) is 34.1 Å². The molecule has 15 heavy (non-hydrogen) atoms. The molecule has 84 valence electrons. The van der Waals surface area contributed by atoms with Crippen molar-refractivity contribution < 1.29 is 8.42 Å². The van der Waals surface area contributed by atoms with E-state index >= 15 is 0 Å². The molecule has 0 saturated carbocycles. The van der Waals surface area contributed by atoms with E-state index in [1.807, 2.05) is 12.1 Å². The van der Waals surface area contributed by atoms with Gasteiger partial charge in [0.25, 0.3) is 0 Å². The molecular weight excluding hydrogens is 228 g/mol. The van der Waals surface area contributed by atoms with Gasteiger partial charge in [0.1, 0.15) is 0 Å². The molecule has 0 radical (unpaired) electrons. The molecule has 0 N–H and O–H groups in total. The third-order valence-electron chi connectivity index (χ3n) is 2.57. The van der Waals surface area contributed by atoms with Crippen LogP contribution in [-0.4, -0.2) is 14.7 Å². The number of rotatable bonds is 4. The van der Waals surface area contributed by atoms with Crippen molar-refractivity contribution in [2.24, 2.45) is 0 Å². The van der Waals surface area contributed by atoms with Gasteiger partial charge in [0, 0.05) is 0 Å². The van der Waals surface area contributed by atoms with Crippen molar-refractivity contribution in [3.63, 3.8) is 0 Å². The molecule has 0 fully saturated rings. The summed E-state index contributed by atoms with van der Waals surface area (Å²) in [6.07, 6.45) is 2.65. The third-order valence-corrected chi connectivity index (χ3v) is 5.75. The van der Waals surface area contributed by atoms with Gasteiger partial charge in [0.2, 0.25) is 8.87 Å². The Morgan fingerprint density at radius 1 is 1.27 bits per heavy atom. The van der Waals surface area contributed by atoms with Crippen LogP contribution in [0.25, 0.3) is 0 Å². The third kappa shape index (κ3) is 2.98. The Bertz CT molecular complexity index is 407. The lowest BCUT2D eigenvalue weighted by Gasteiger charge is -2.09. The average Bonchev–Trinajstić information content (AvgIpc) is 2.28. The van der Waals surface area contributed by atoms with Crippen LogP contribution in [0.15, 0.2) is 29.2 Å². The molecule has 0 aromatic heterocycles. The normalized spacial score (nSPS) is 13.8. The van der Waals surface area contributed by atoms with Crippen LogP contribution in [0.1, 0.15) is 31.7 Å². The highest BCUT2D eigenvalue weighted by molar-refractivity contribution is 8.71. The molecular formula is C11H16O2S2. The standard InChI is InChI=1S/C11H16O2S2/c1-4-9(2)10-5-7-11(8-6-10)15(12,13)14-3/h5-9H,4H2,1-3H3. The summed E-state index contributed by atoms with van der Waals surface area (Å²) < 4.78 is 23.0. The van der Waals surface area contributed by atoms with E-state index in [-0.39, 0.29) is 0 Å². The zero-order valence-electron chi connectivity index (χ0n) is 9.23. The highest BCUT2D eigenvalue weighted by atomic mass is 33.1. The molecule has 0 heterocycles. The van der Waals surface area contributed by atoms with Crippen LogP contribution in [0, 0.1) is 0 Å². The molecule has 0 bridgehead atoms. The molecule has 4 heteroatoms. The van der Waals surface area contributed by atoms with Gasteiger partial charge in [-0.1, -0.05) is 26.0 Å². The Balaban J connectivity index is 3.00. The lowest BCUT2D eigenvalue weighted by Crippen LogP contribution is -1.96. The van der Waals surface area contributed by atoms with E-state index in [0.29, 0.717) is 10.8 Å². The molecule has 0 aliphatic heterocycles. The van der Waals surface area contributed by atoms with Crippen LogP contribution < -0.4 is 0 Å². The van der Waals surface area contributed by atoms with Crippen molar-refractivity contribution in [1.29, 1.82) is 0 Å². The molecule has 0 spiro atoms. The summed E-state index contributed by atoms with van der Waals surface area (Å²) in [6, 6.07) is 7.18. The summed E-state index contributed by atoms with van der Waals surface area (Å²) >= 11 is 0. The van der Waals surface area contributed by atoms with E-state index < -0.39 is 8.87 Å². The van der Waals surface area contributed by atoms with Gasteiger partial charge in [-0.2, -0.15) is 0 Å². The van der Waals surface area contributed by atoms with Crippen LogP contribution in [0.4, 0.5) is 0 Å². The van der Waals surface area contributed by atoms with Gasteiger partial charge in [-0.3, -0.25) is 0 Å².